The summed E-state index contributed by atoms with van der Waals surface area (Å²) in [7, 11) is 1.98. The number of hydrogen-bond donors (Lipinski definition) is 2. The number of fused-ring (bicyclic) bond motifs is 1. The molecule has 17 heavy (non-hydrogen) atoms. The van der Waals surface area contributed by atoms with E-state index in [9.17, 15) is 4.79 Å². The maximum atomic E-state index is 11.5. The van der Waals surface area contributed by atoms with Crippen molar-refractivity contribution in [2.75, 3.05) is 23.8 Å². The molecule has 0 radical (unpaired) electrons. The van der Waals surface area contributed by atoms with Crippen LogP contribution in [0.15, 0.2) is 12.1 Å². The third-order valence-electron chi connectivity index (χ3n) is 2.96. The normalized spacial score (nSPS) is 17.9. The molecule has 0 bridgehead atoms. The van der Waals surface area contributed by atoms with Crippen LogP contribution in [0.1, 0.15) is 24.9 Å². The van der Waals surface area contributed by atoms with Crippen LogP contribution in [-0.4, -0.2) is 19.5 Å². The Hall–Kier alpha value is -1.26. The quantitative estimate of drug-likeness (QED) is 0.868. The topological polar surface area (TPSA) is 58.4 Å². The van der Waals surface area contributed by atoms with Gasteiger partial charge in [-0.15, -0.1) is 0 Å². The molecule has 3 N–H and O–H groups in total. The number of anilines is 2. The summed E-state index contributed by atoms with van der Waals surface area (Å²) in [6, 6.07) is 3.06. The summed E-state index contributed by atoms with van der Waals surface area (Å²) >= 11 is 6.22. The summed E-state index contributed by atoms with van der Waals surface area (Å²) in [5.74, 6) is -0.175. The van der Waals surface area contributed by atoms with Gasteiger partial charge >= 0.3 is 0 Å². The van der Waals surface area contributed by atoms with Crippen molar-refractivity contribution in [1.82, 2.24) is 0 Å². The Morgan fingerprint density at radius 2 is 2.24 bits per heavy atom. The Labute approximate surface area is 106 Å². The number of rotatable bonds is 3. The lowest BCUT2D eigenvalue weighted by atomic mass is 10.1. The van der Waals surface area contributed by atoms with Crippen molar-refractivity contribution in [3.05, 3.63) is 22.7 Å². The van der Waals surface area contributed by atoms with Gasteiger partial charge in [0.2, 0.25) is 5.91 Å². The SMILES string of the molecule is CCCN(C)c1cc2c(cc1Cl)C(N)C(=O)N2. The maximum absolute atomic E-state index is 11.5. The highest BCUT2D eigenvalue weighted by atomic mass is 35.5. The minimum Gasteiger partial charge on any atom is -0.373 e. The van der Waals surface area contributed by atoms with Crippen LogP contribution in [0.2, 0.25) is 5.02 Å². The largest absolute Gasteiger partial charge is 0.373 e. The van der Waals surface area contributed by atoms with E-state index in [1.54, 1.807) is 6.07 Å². The minimum atomic E-state index is -0.604. The number of nitrogens with two attached hydrogens (primary N) is 1. The van der Waals surface area contributed by atoms with Crippen LogP contribution in [0.25, 0.3) is 0 Å². The zero-order valence-corrected chi connectivity index (χ0v) is 10.7. The molecule has 5 heteroatoms. The Kier molecular flexibility index (Phi) is 3.26. The number of nitrogens with zero attached hydrogens (tertiary/aromatic N) is 1. The van der Waals surface area contributed by atoms with E-state index in [2.05, 4.69) is 17.1 Å². The van der Waals surface area contributed by atoms with Crippen molar-refractivity contribution in [3.63, 3.8) is 0 Å². The molecule has 1 heterocycles. The Bertz CT molecular complexity index is 461. The number of benzene rings is 1. The molecule has 0 aliphatic carbocycles. The highest BCUT2D eigenvalue weighted by molar-refractivity contribution is 6.33. The standard InChI is InChI=1S/C12H16ClN3O/c1-3-4-16(2)10-6-9-7(5-8(10)13)11(14)12(17)15-9/h5-6,11H,3-4,14H2,1-2H3,(H,15,17). The first-order valence-electron chi connectivity index (χ1n) is 5.65. The summed E-state index contributed by atoms with van der Waals surface area (Å²) in [5, 5.41) is 3.39. The molecule has 0 saturated heterocycles. The lowest BCUT2D eigenvalue weighted by molar-refractivity contribution is -0.116. The van der Waals surface area contributed by atoms with Gasteiger partial charge in [0, 0.05) is 24.8 Å². The molecule has 0 aromatic heterocycles. The number of nitrogens with one attached hydrogen (secondary N) is 1. The van der Waals surface area contributed by atoms with Gasteiger partial charge < -0.3 is 16.0 Å². The third-order valence-corrected chi connectivity index (χ3v) is 3.27. The van der Waals surface area contributed by atoms with Crippen LogP contribution in [0, 0.1) is 0 Å². The zero-order chi connectivity index (χ0) is 12.6. The maximum Gasteiger partial charge on any atom is 0.245 e. The predicted molar refractivity (Wildman–Crippen MR) is 70.6 cm³/mol. The smallest absolute Gasteiger partial charge is 0.245 e. The summed E-state index contributed by atoms with van der Waals surface area (Å²) in [4.78, 5) is 13.5. The van der Waals surface area contributed by atoms with Crippen LogP contribution >= 0.6 is 11.6 Å². The van der Waals surface area contributed by atoms with Crippen LogP contribution in [0.3, 0.4) is 0 Å². The van der Waals surface area contributed by atoms with Gasteiger partial charge in [0.1, 0.15) is 6.04 Å². The highest BCUT2D eigenvalue weighted by Crippen LogP contribution is 2.37. The zero-order valence-electron chi connectivity index (χ0n) is 9.96. The number of carbonyl (C=O) groups is 1. The van der Waals surface area contributed by atoms with E-state index >= 15 is 0 Å². The average molecular weight is 254 g/mol. The van der Waals surface area contributed by atoms with Gasteiger partial charge in [-0.1, -0.05) is 18.5 Å². The lowest BCUT2D eigenvalue weighted by Crippen LogP contribution is -2.19. The molecule has 0 fully saturated rings. The van der Waals surface area contributed by atoms with Gasteiger partial charge in [-0.25, -0.2) is 0 Å². The second-order valence-corrected chi connectivity index (χ2v) is 4.69. The van der Waals surface area contributed by atoms with E-state index in [4.69, 9.17) is 17.3 Å². The van der Waals surface area contributed by atoms with Gasteiger partial charge in [0.25, 0.3) is 0 Å². The van der Waals surface area contributed by atoms with Crippen molar-refractivity contribution in [1.29, 1.82) is 0 Å². The second-order valence-electron chi connectivity index (χ2n) is 4.28. The van der Waals surface area contributed by atoms with E-state index in [0.717, 1.165) is 29.9 Å². The Morgan fingerprint density at radius 1 is 1.53 bits per heavy atom. The van der Waals surface area contributed by atoms with Crippen molar-refractivity contribution >= 4 is 28.9 Å². The molecule has 2 rings (SSSR count). The molecule has 4 nitrogen and oxygen atoms in total. The summed E-state index contributed by atoms with van der Waals surface area (Å²) in [5.41, 5.74) is 8.22. The predicted octanol–water partition coefficient (Wildman–Crippen LogP) is 2.14. The molecule has 1 amide bonds. The van der Waals surface area contributed by atoms with E-state index in [1.807, 2.05) is 13.1 Å². The fourth-order valence-corrected chi connectivity index (χ4v) is 2.36. The van der Waals surface area contributed by atoms with Crippen molar-refractivity contribution < 1.29 is 4.79 Å². The monoisotopic (exact) mass is 253 g/mol. The molecule has 1 aliphatic rings. The molecule has 92 valence electrons. The van der Waals surface area contributed by atoms with Gasteiger partial charge in [0.05, 0.1) is 10.7 Å². The van der Waals surface area contributed by atoms with Gasteiger partial charge in [-0.2, -0.15) is 0 Å². The first kappa shape index (κ1) is 12.2. The van der Waals surface area contributed by atoms with E-state index in [-0.39, 0.29) is 5.91 Å². The number of carbonyl (C=O) groups excluding carboxylic acids is 1. The molecule has 1 aliphatic heterocycles. The lowest BCUT2D eigenvalue weighted by Gasteiger charge is -2.20. The van der Waals surface area contributed by atoms with Crippen molar-refractivity contribution in [2.45, 2.75) is 19.4 Å². The first-order chi connectivity index (χ1) is 8.04. The number of hydrogen-bond acceptors (Lipinski definition) is 3. The second kappa shape index (κ2) is 4.55. The van der Waals surface area contributed by atoms with Crippen LogP contribution in [0.4, 0.5) is 11.4 Å². The van der Waals surface area contributed by atoms with Crippen molar-refractivity contribution in [3.8, 4) is 0 Å². The fraction of sp³-hybridized carbons (Fsp3) is 0.417. The highest BCUT2D eigenvalue weighted by Gasteiger charge is 2.28. The molecular formula is C12H16ClN3O. The Balaban J connectivity index is 2.39. The average Bonchev–Trinajstić information content (AvgIpc) is 2.55. The number of amides is 1. The molecule has 1 aromatic rings. The molecule has 1 aromatic carbocycles. The number of halogens is 1. The molecule has 0 spiro atoms. The van der Waals surface area contributed by atoms with Crippen LogP contribution in [-0.2, 0) is 4.79 Å². The minimum absolute atomic E-state index is 0.175. The van der Waals surface area contributed by atoms with Gasteiger partial charge in [0.15, 0.2) is 0 Å². The van der Waals surface area contributed by atoms with E-state index in [0.29, 0.717) is 5.02 Å². The van der Waals surface area contributed by atoms with Crippen LogP contribution in [0.5, 0.6) is 0 Å². The third kappa shape index (κ3) is 2.10. The summed E-state index contributed by atoms with van der Waals surface area (Å²) in [6.45, 7) is 3.02. The fourth-order valence-electron chi connectivity index (χ4n) is 2.04. The molecule has 1 atom stereocenters. The van der Waals surface area contributed by atoms with Gasteiger partial charge in [-0.3, -0.25) is 4.79 Å². The summed E-state index contributed by atoms with van der Waals surface area (Å²) < 4.78 is 0. The molecule has 1 unspecified atom stereocenters. The summed E-state index contributed by atoms with van der Waals surface area (Å²) in [6.07, 6.45) is 1.04. The first-order valence-corrected chi connectivity index (χ1v) is 6.03. The van der Waals surface area contributed by atoms with E-state index < -0.39 is 6.04 Å². The van der Waals surface area contributed by atoms with Gasteiger partial charge in [-0.05, 0) is 18.6 Å². The molecular weight excluding hydrogens is 238 g/mol. The van der Waals surface area contributed by atoms with Crippen LogP contribution < -0.4 is 16.0 Å². The molecule has 0 saturated carbocycles. The van der Waals surface area contributed by atoms with E-state index in [1.165, 1.54) is 0 Å². The Morgan fingerprint density at radius 3 is 2.88 bits per heavy atom. The van der Waals surface area contributed by atoms with Crippen molar-refractivity contribution in [2.24, 2.45) is 5.73 Å².